The first-order valence-electron chi connectivity index (χ1n) is 3.38. The van der Waals surface area contributed by atoms with Crippen molar-refractivity contribution in [2.24, 2.45) is 10.8 Å². The van der Waals surface area contributed by atoms with Gasteiger partial charge in [0.2, 0.25) is 0 Å². The highest BCUT2D eigenvalue weighted by Gasteiger charge is 2.06. The topological polar surface area (TPSA) is 112 Å². The molecule has 0 amide bonds. The molecule has 0 spiro atoms. The number of hydrazone groups is 1. The highest BCUT2D eigenvalue weighted by Crippen LogP contribution is 1.86. The lowest BCUT2D eigenvalue weighted by Gasteiger charge is -2.12. The van der Waals surface area contributed by atoms with E-state index in [0.717, 1.165) is 0 Å². The summed E-state index contributed by atoms with van der Waals surface area (Å²) in [6.45, 7) is 0.191. The number of methoxy groups -OCH3 is 2. The Kier molecular flexibility index (Phi) is 5.48. The van der Waals surface area contributed by atoms with Crippen LogP contribution in [0.5, 0.6) is 0 Å². The highest BCUT2D eigenvalue weighted by atomic mass is 16.7. The molecular formula is C5H12N4O4. The van der Waals surface area contributed by atoms with Crippen molar-refractivity contribution in [1.29, 1.82) is 0 Å². The van der Waals surface area contributed by atoms with Crippen molar-refractivity contribution in [2.45, 2.75) is 6.29 Å². The molecule has 0 heterocycles. The molecule has 0 aromatic carbocycles. The van der Waals surface area contributed by atoms with Crippen molar-refractivity contribution in [3.63, 3.8) is 0 Å². The predicted molar refractivity (Wildman–Crippen MR) is 44.4 cm³/mol. The van der Waals surface area contributed by atoms with Gasteiger partial charge < -0.3 is 20.5 Å². The molecule has 8 nitrogen and oxygen atoms in total. The van der Waals surface area contributed by atoms with E-state index in [4.69, 9.17) is 15.2 Å². The van der Waals surface area contributed by atoms with E-state index >= 15 is 0 Å². The van der Waals surface area contributed by atoms with Crippen LogP contribution >= 0.6 is 0 Å². The number of hydrogen-bond acceptors (Lipinski definition) is 4. The second-order valence-electron chi connectivity index (χ2n) is 2.00. The van der Waals surface area contributed by atoms with Gasteiger partial charge >= 0.3 is 0 Å². The van der Waals surface area contributed by atoms with Gasteiger partial charge in [-0.3, -0.25) is 0 Å². The fourth-order valence-electron chi connectivity index (χ4n) is 0.574. The van der Waals surface area contributed by atoms with E-state index in [2.05, 4.69) is 10.4 Å². The molecule has 76 valence electrons. The summed E-state index contributed by atoms with van der Waals surface area (Å²) in [5, 5.41) is 14.2. The van der Waals surface area contributed by atoms with Crippen molar-refractivity contribution in [2.75, 3.05) is 20.8 Å². The zero-order valence-electron chi connectivity index (χ0n) is 7.39. The van der Waals surface area contributed by atoms with Crippen molar-refractivity contribution in [3.05, 3.63) is 10.1 Å². The van der Waals surface area contributed by atoms with Gasteiger partial charge in [-0.25, -0.2) is 10.1 Å². The Morgan fingerprint density at radius 2 is 2.23 bits per heavy atom. The highest BCUT2D eigenvalue weighted by molar-refractivity contribution is 5.76. The quantitative estimate of drug-likeness (QED) is 0.184. The zero-order valence-corrected chi connectivity index (χ0v) is 7.39. The number of nitrogens with zero attached hydrogens (tertiary/aromatic N) is 2. The lowest BCUT2D eigenvalue weighted by atomic mass is 10.6. The SMILES string of the molecule is COC(CN/C(N)=N/[N+](=O)[O-])OC. The lowest BCUT2D eigenvalue weighted by molar-refractivity contribution is -0.485. The average Bonchev–Trinajstić information content (AvgIpc) is 2.05. The Hall–Kier alpha value is -1.41. The Balaban J connectivity index is 3.80. The molecular weight excluding hydrogens is 180 g/mol. The van der Waals surface area contributed by atoms with Crippen molar-refractivity contribution >= 4 is 5.96 Å². The molecule has 0 aliphatic heterocycles. The standard InChI is InChI=1S/C5H12N4O4/c1-12-4(13-2)3-7-5(6)8-9(10)11/h4H,3H2,1-2H3,(H3,6,7,8). The van der Waals surface area contributed by atoms with E-state index < -0.39 is 11.3 Å². The minimum Gasteiger partial charge on any atom is -0.365 e. The van der Waals surface area contributed by atoms with E-state index in [1.807, 2.05) is 0 Å². The molecule has 0 aromatic rings. The molecule has 0 unspecified atom stereocenters. The summed E-state index contributed by atoms with van der Waals surface area (Å²) in [4.78, 5) is 9.83. The molecule has 0 fully saturated rings. The van der Waals surface area contributed by atoms with Crippen molar-refractivity contribution < 1.29 is 14.5 Å². The molecule has 3 N–H and O–H groups in total. The summed E-state index contributed by atoms with van der Waals surface area (Å²) in [5.41, 5.74) is 5.12. The number of nitrogens with one attached hydrogen (secondary N) is 1. The smallest absolute Gasteiger partial charge is 0.266 e. The molecule has 0 aromatic heterocycles. The van der Waals surface area contributed by atoms with Gasteiger partial charge in [-0.2, -0.15) is 0 Å². The first-order chi connectivity index (χ1) is 6.10. The fourth-order valence-corrected chi connectivity index (χ4v) is 0.574. The molecule has 0 bridgehead atoms. The van der Waals surface area contributed by atoms with Crippen LogP contribution in [0.4, 0.5) is 0 Å². The summed E-state index contributed by atoms with van der Waals surface area (Å²) in [7, 11) is 2.88. The van der Waals surface area contributed by atoms with E-state index in [-0.39, 0.29) is 12.5 Å². The molecule has 0 radical (unpaired) electrons. The van der Waals surface area contributed by atoms with E-state index in [1.54, 1.807) is 0 Å². The maximum Gasteiger partial charge on any atom is 0.266 e. The number of guanidine groups is 1. The molecule has 0 atom stereocenters. The first-order valence-corrected chi connectivity index (χ1v) is 3.38. The van der Waals surface area contributed by atoms with E-state index in [1.165, 1.54) is 14.2 Å². The van der Waals surface area contributed by atoms with Gasteiger partial charge in [-0.05, 0) is 0 Å². The second kappa shape index (κ2) is 6.14. The Labute approximate surface area is 74.8 Å². The van der Waals surface area contributed by atoms with Crippen LogP contribution in [0.3, 0.4) is 0 Å². The van der Waals surface area contributed by atoms with Crippen LogP contribution in [-0.2, 0) is 9.47 Å². The first kappa shape index (κ1) is 11.6. The van der Waals surface area contributed by atoms with Crippen LogP contribution in [0.2, 0.25) is 0 Å². The molecule has 0 aliphatic rings. The lowest BCUT2D eigenvalue weighted by Crippen LogP contribution is -2.39. The summed E-state index contributed by atoms with van der Waals surface area (Å²) in [6.07, 6.45) is -0.513. The number of hydrogen-bond donors (Lipinski definition) is 2. The maximum atomic E-state index is 9.83. The van der Waals surface area contributed by atoms with Crippen LogP contribution in [0.25, 0.3) is 0 Å². The minimum atomic E-state index is -0.892. The third kappa shape index (κ3) is 5.82. The van der Waals surface area contributed by atoms with Gasteiger partial charge in [0.15, 0.2) is 11.3 Å². The molecule has 0 rings (SSSR count). The second-order valence-corrected chi connectivity index (χ2v) is 2.00. The normalized spacial score (nSPS) is 11.8. The van der Waals surface area contributed by atoms with E-state index in [0.29, 0.717) is 0 Å². The molecule has 13 heavy (non-hydrogen) atoms. The number of ether oxygens (including phenoxy) is 2. The molecule has 0 saturated heterocycles. The van der Waals surface area contributed by atoms with Crippen LogP contribution in [0, 0.1) is 10.1 Å². The minimum absolute atomic E-state index is 0.191. The van der Waals surface area contributed by atoms with E-state index in [9.17, 15) is 10.1 Å². The number of nitrogens with two attached hydrogens (primary N) is 1. The largest absolute Gasteiger partial charge is 0.365 e. The third-order valence-corrected chi connectivity index (χ3v) is 1.17. The summed E-state index contributed by atoms with van der Waals surface area (Å²) in [6, 6.07) is 0. The number of nitro groups is 1. The Bertz CT molecular complexity index is 191. The van der Waals surface area contributed by atoms with Gasteiger partial charge in [-0.1, -0.05) is 0 Å². The number of rotatable bonds is 5. The van der Waals surface area contributed by atoms with Gasteiger partial charge in [0.05, 0.1) is 6.54 Å². The monoisotopic (exact) mass is 192 g/mol. The molecule has 0 aliphatic carbocycles. The maximum absolute atomic E-state index is 9.83. The average molecular weight is 192 g/mol. The fraction of sp³-hybridized carbons (Fsp3) is 0.800. The Morgan fingerprint density at radius 1 is 1.69 bits per heavy atom. The zero-order chi connectivity index (χ0) is 10.3. The molecule has 0 saturated carbocycles. The predicted octanol–water partition coefficient (Wildman–Crippen LogP) is -1.30. The third-order valence-electron chi connectivity index (χ3n) is 1.17. The summed E-state index contributed by atoms with van der Waals surface area (Å²) < 4.78 is 9.58. The van der Waals surface area contributed by atoms with Gasteiger partial charge in [-0.15, -0.1) is 0 Å². The summed E-state index contributed by atoms with van der Waals surface area (Å²) >= 11 is 0. The van der Waals surface area contributed by atoms with Crippen molar-refractivity contribution in [3.8, 4) is 0 Å². The van der Waals surface area contributed by atoms with Gasteiger partial charge in [0.1, 0.15) is 5.10 Å². The van der Waals surface area contributed by atoms with Gasteiger partial charge in [0.25, 0.3) is 5.96 Å². The molecule has 8 heteroatoms. The van der Waals surface area contributed by atoms with Crippen LogP contribution < -0.4 is 11.1 Å². The van der Waals surface area contributed by atoms with Gasteiger partial charge in [0, 0.05) is 14.2 Å². The van der Waals surface area contributed by atoms with Crippen LogP contribution in [0.1, 0.15) is 0 Å². The Morgan fingerprint density at radius 3 is 2.62 bits per heavy atom. The van der Waals surface area contributed by atoms with Crippen LogP contribution in [-0.4, -0.2) is 38.0 Å². The summed E-state index contributed by atoms with van der Waals surface area (Å²) in [5.74, 6) is -0.288. The van der Waals surface area contributed by atoms with Crippen molar-refractivity contribution in [1.82, 2.24) is 5.32 Å². The van der Waals surface area contributed by atoms with Crippen LogP contribution in [0.15, 0.2) is 5.10 Å².